The number of halogens is 4. The summed E-state index contributed by atoms with van der Waals surface area (Å²) in [5, 5.41) is 8.65. The van der Waals surface area contributed by atoms with Crippen LogP contribution in [0.3, 0.4) is 0 Å². The van der Waals surface area contributed by atoms with Gasteiger partial charge in [0.15, 0.2) is 6.61 Å². The van der Waals surface area contributed by atoms with E-state index in [2.05, 4.69) is 22.6 Å². The number of ether oxygens (including phenoxy) is 1. The molecule has 144 valence electrons. The molecule has 1 N–H and O–H groups in total. The molecule has 0 aliphatic rings. The highest BCUT2D eigenvalue weighted by Gasteiger charge is 2.29. The van der Waals surface area contributed by atoms with Crippen molar-refractivity contribution in [3.63, 3.8) is 0 Å². The Morgan fingerprint density at radius 2 is 1.89 bits per heavy atom. The average molecular weight is 508 g/mol. The summed E-state index contributed by atoms with van der Waals surface area (Å²) in [6.45, 7) is 1.45. The van der Waals surface area contributed by atoms with E-state index in [1.165, 1.54) is 12.1 Å². The molecule has 27 heavy (non-hydrogen) atoms. The molecule has 0 unspecified atom stereocenters. The molecule has 2 rings (SSSR count). The normalized spacial score (nSPS) is 12.1. The van der Waals surface area contributed by atoms with Crippen LogP contribution in [0.1, 0.15) is 16.7 Å². The molecule has 0 radical (unpaired) electrons. The number of rotatable bonds is 7. The molecule has 0 aliphatic heterocycles. The van der Waals surface area contributed by atoms with Crippen LogP contribution >= 0.6 is 34.4 Å². The first kappa shape index (κ1) is 21.6. The standard InChI is InChI=1S/C19H16F3IO3S/c1-12-10-15(6-7-17(12)26-11-18(24)25)27-9-8-16(23)13-2-4-14(5-3-13)19(20,21)22/h2-8,10H,9,11H2,1H3,(H,24,25). The van der Waals surface area contributed by atoms with Crippen LogP contribution in [0.15, 0.2) is 53.4 Å². The Morgan fingerprint density at radius 3 is 2.44 bits per heavy atom. The van der Waals surface area contributed by atoms with Gasteiger partial charge in [0, 0.05) is 14.2 Å². The van der Waals surface area contributed by atoms with Gasteiger partial charge in [-0.1, -0.05) is 18.2 Å². The van der Waals surface area contributed by atoms with Gasteiger partial charge in [-0.2, -0.15) is 13.2 Å². The van der Waals surface area contributed by atoms with E-state index >= 15 is 0 Å². The van der Waals surface area contributed by atoms with Crippen molar-refractivity contribution in [1.29, 1.82) is 0 Å². The number of carboxylic acid groups (broad SMARTS) is 1. The lowest BCUT2D eigenvalue weighted by molar-refractivity contribution is -0.139. The third kappa shape index (κ3) is 6.76. The van der Waals surface area contributed by atoms with Gasteiger partial charge in [-0.3, -0.25) is 0 Å². The lowest BCUT2D eigenvalue weighted by atomic mass is 10.1. The molecule has 3 nitrogen and oxygen atoms in total. The Morgan fingerprint density at radius 1 is 1.22 bits per heavy atom. The third-order valence-electron chi connectivity index (χ3n) is 3.50. The average Bonchev–Trinajstić information content (AvgIpc) is 2.60. The van der Waals surface area contributed by atoms with Crippen LogP contribution < -0.4 is 4.74 Å². The van der Waals surface area contributed by atoms with E-state index in [4.69, 9.17) is 9.84 Å². The molecule has 8 heteroatoms. The maximum atomic E-state index is 12.6. The van der Waals surface area contributed by atoms with Gasteiger partial charge in [-0.25, -0.2) is 4.79 Å². The predicted molar refractivity (Wildman–Crippen MR) is 108 cm³/mol. The fourth-order valence-corrected chi connectivity index (χ4v) is 3.91. The summed E-state index contributed by atoms with van der Waals surface area (Å²) in [5.41, 5.74) is 0.908. The first-order chi connectivity index (χ1) is 12.7. The summed E-state index contributed by atoms with van der Waals surface area (Å²) < 4.78 is 43.9. The molecule has 0 saturated heterocycles. The van der Waals surface area contributed by atoms with E-state index < -0.39 is 17.7 Å². The highest BCUT2D eigenvalue weighted by Crippen LogP contribution is 2.32. The van der Waals surface area contributed by atoms with E-state index in [0.717, 1.165) is 31.7 Å². The maximum absolute atomic E-state index is 12.6. The Hall–Kier alpha value is -1.68. The fraction of sp³-hybridized carbons (Fsp3) is 0.211. The summed E-state index contributed by atoms with van der Waals surface area (Å²) in [7, 11) is 0. The number of alkyl halides is 3. The van der Waals surface area contributed by atoms with Gasteiger partial charge in [0.2, 0.25) is 0 Å². The summed E-state index contributed by atoms with van der Waals surface area (Å²) >= 11 is 3.67. The predicted octanol–water partition coefficient (Wildman–Crippen LogP) is 6.05. The van der Waals surface area contributed by atoms with Gasteiger partial charge < -0.3 is 9.84 Å². The van der Waals surface area contributed by atoms with Crippen molar-refractivity contribution in [2.45, 2.75) is 18.0 Å². The quantitative estimate of drug-likeness (QED) is 0.366. The Bertz CT molecular complexity index is 833. The van der Waals surface area contributed by atoms with Gasteiger partial charge in [0.1, 0.15) is 5.75 Å². The summed E-state index contributed by atoms with van der Waals surface area (Å²) in [6, 6.07) is 10.6. The van der Waals surface area contributed by atoms with Gasteiger partial charge in [0.05, 0.1) is 5.56 Å². The first-order valence-corrected chi connectivity index (χ1v) is 9.84. The number of hydrogen-bond acceptors (Lipinski definition) is 3. The van der Waals surface area contributed by atoms with Gasteiger partial charge in [-0.05, 0) is 71.0 Å². The molecule has 2 aromatic rings. The van der Waals surface area contributed by atoms with Crippen LogP contribution in [-0.4, -0.2) is 23.4 Å². The zero-order valence-corrected chi connectivity index (χ0v) is 17.2. The van der Waals surface area contributed by atoms with Crippen LogP contribution in [0.2, 0.25) is 0 Å². The van der Waals surface area contributed by atoms with Crippen molar-refractivity contribution >= 4 is 43.9 Å². The minimum absolute atomic E-state index is 0.388. The number of carboxylic acids is 1. The number of carbonyl (C=O) groups is 1. The zero-order valence-electron chi connectivity index (χ0n) is 14.2. The van der Waals surface area contributed by atoms with Crippen molar-refractivity contribution in [2.24, 2.45) is 0 Å². The molecule has 0 fully saturated rings. The number of benzene rings is 2. The third-order valence-corrected chi connectivity index (χ3v) is 5.48. The number of aliphatic carboxylic acids is 1. The lowest BCUT2D eigenvalue weighted by Crippen LogP contribution is -2.09. The lowest BCUT2D eigenvalue weighted by Gasteiger charge is -2.09. The van der Waals surface area contributed by atoms with Gasteiger partial charge in [-0.15, -0.1) is 11.8 Å². The largest absolute Gasteiger partial charge is 0.482 e. The van der Waals surface area contributed by atoms with Crippen molar-refractivity contribution in [3.8, 4) is 5.75 Å². The molecule has 0 saturated carbocycles. The van der Waals surface area contributed by atoms with Crippen LogP contribution in [0.5, 0.6) is 5.75 Å². The first-order valence-electron chi connectivity index (χ1n) is 7.78. The summed E-state index contributed by atoms with van der Waals surface area (Å²) in [6.07, 6.45) is -2.39. The number of aryl methyl sites for hydroxylation is 1. The molecule has 0 atom stereocenters. The van der Waals surface area contributed by atoms with Crippen LogP contribution in [0.4, 0.5) is 13.2 Å². The second-order valence-corrected chi connectivity index (χ2v) is 7.80. The second kappa shape index (κ2) is 9.50. The van der Waals surface area contributed by atoms with E-state index in [1.807, 2.05) is 25.1 Å². The topological polar surface area (TPSA) is 46.5 Å². The molecule has 0 heterocycles. The minimum atomic E-state index is -4.33. The summed E-state index contributed by atoms with van der Waals surface area (Å²) in [5.74, 6) is 0.140. The molecule has 0 aliphatic carbocycles. The van der Waals surface area contributed by atoms with Crippen molar-refractivity contribution in [2.75, 3.05) is 12.4 Å². The SMILES string of the molecule is Cc1cc(SCC=C(I)c2ccc(C(F)(F)F)cc2)ccc1OCC(=O)O. The Balaban J connectivity index is 1.96. The van der Waals surface area contributed by atoms with E-state index in [9.17, 15) is 18.0 Å². The smallest absolute Gasteiger partial charge is 0.416 e. The van der Waals surface area contributed by atoms with E-state index in [1.54, 1.807) is 17.8 Å². The highest BCUT2D eigenvalue weighted by molar-refractivity contribution is 14.1. The number of hydrogen-bond donors (Lipinski definition) is 1. The Labute approximate surface area is 172 Å². The van der Waals surface area contributed by atoms with Gasteiger partial charge in [0.25, 0.3) is 0 Å². The molecule has 0 amide bonds. The van der Waals surface area contributed by atoms with Crippen molar-refractivity contribution < 1.29 is 27.8 Å². The highest BCUT2D eigenvalue weighted by atomic mass is 127. The molecule has 0 spiro atoms. The van der Waals surface area contributed by atoms with Crippen LogP contribution in [0.25, 0.3) is 3.58 Å². The van der Waals surface area contributed by atoms with E-state index in [0.29, 0.717) is 11.5 Å². The summed E-state index contributed by atoms with van der Waals surface area (Å²) in [4.78, 5) is 11.5. The zero-order chi connectivity index (χ0) is 20.0. The monoisotopic (exact) mass is 508 g/mol. The molecular weight excluding hydrogens is 492 g/mol. The molecule has 0 bridgehead atoms. The van der Waals surface area contributed by atoms with Crippen molar-refractivity contribution in [3.05, 3.63) is 65.2 Å². The number of thioether (sulfide) groups is 1. The minimum Gasteiger partial charge on any atom is -0.482 e. The van der Waals surface area contributed by atoms with E-state index in [-0.39, 0.29) is 6.61 Å². The maximum Gasteiger partial charge on any atom is 0.416 e. The second-order valence-electron chi connectivity index (χ2n) is 5.55. The van der Waals surface area contributed by atoms with Gasteiger partial charge >= 0.3 is 12.1 Å². The molecular formula is C19H16F3IO3S. The molecule has 2 aromatic carbocycles. The fourth-order valence-electron chi connectivity index (χ4n) is 2.16. The van der Waals surface area contributed by atoms with Crippen LogP contribution in [-0.2, 0) is 11.0 Å². The van der Waals surface area contributed by atoms with Crippen molar-refractivity contribution in [1.82, 2.24) is 0 Å². The Kier molecular flexibility index (Phi) is 7.60. The molecule has 0 aromatic heterocycles. The van der Waals surface area contributed by atoms with Crippen LogP contribution in [0, 0.1) is 6.92 Å².